The van der Waals surface area contributed by atoms with E-state index < -0.39 is 10.0 Å². The maximum Gasteiger partial charge on any atom is 0.251 e. The Kier molecular flexibility index (Phi) is 5.58. The van der Waals surface area contributed by atoms with Gasteiger partial charge in [0.1, 0.15) is 0 Å². The third kappa shape index (κ3) is 4.55. The highest BCUT2D eigenvalue weighted by atomic mass is 32.2. The highest BCUT2D eigenvalue weighted by Gasteiger charge is 2.28. The third-order valence-corrected chi connectivity index (χ3v) is 5.25. The number of amides is 1. The van der Waals surface area contributed by atoms with Gasteiger partial charge in [0.15, 0.2) is 0 Å². The normalized spacial score (nSPS) is 14.8. The Morgan fingerprint density at radius 2 is 2.00 bits per heavy atom. The van der Waals surface area contributed by atoms with Crippen molar-refractivity contribution in [3.8, 4) is 0 Å². The van der Waals surface area contributed by atoms with Crippen LogP contribution in [-0.4, -0.2) is 26.9 Å². The molecule has 1 saturated carbocycles. The Morgan fingerprint density at radius 3 is 2.64 bits per heavy atom. The van der Waals surface area contributed by atoms with Gasteiger partial charge in [-0.25, -0.2) is 13.1 Å². The van der Waals surface area contributed by atoms with Crippen molar-refractivity contribution in [1.29, 1.82) is 0 Å². The molecule has 0 saturated heterocycles. The standard InChI is InChI=1S/C16H24N2O3S/c1-3-4-5-10-17-16(19)15-11-14(9-6-12(15)2)22(20,21)18-13-7-8-13/h6,9,11,13,18H,3-5,7-8,10H2,1-2H3,(H,17,19). The molecule has 1 aromatic rings. The number of benzene rings is 1. The van der Waals surface area contributed by atoms with Crippen molar-refractivity contribution in [3.63, 3.8) is 0 Å². The lowest BCUT2D eigenvalue weighted by Gasteiger charge is -2.11. The number of carbonyl (C=O) groups excluding carboxylic acids is 1. The van der Waals surface area contributed by atoms with Crippen molar-refractivity contribution in [2.45, 2.75) is 56.9 Å². The van der Waals surface area contributed by atoms with Crippen LogP contribution in [-0.2, 0) is 10.0 Å². The summed E-state index contributed by atoms with van der Waals surface area (Å²) < 4.78 is 27.1. The summed E-state index contributed by atoms with van der Waals surface area (Å²) in [6, 6.07) is 4.75. The van der Waals surface area contributed by atoms with Gasteiger partial charge in [-0.05, 0) is 43.9 Å². The molecule has 0 unspecified atom stereocenters. The van der Waals surface area contributed by atoms with E-state index >= 15 is 0 Å². The van der Waals surface area contributed by atoms with E-state index in [-0.39, 0.29) is 16.8 Å². The number of sulfonamides is 1. The molecule has 1 aromatic carbocycles. The zero-order valence-corrected chi connectivity index (χ0v) is 14.0. The van der Waals surface area contributed by atoms with Crippen molar-refractivity contribution < 1.29 is 13.2 Å². The Labute approximate surface area is 132 Å². The van der Waals surface area contributed by atoms with Crippen LogP contribution < -0.4 is 10.0 Å². The van der Waals surface area contributed by atoms with E-state index in [4.69, 9.17) is 0 Å². The van der Waals surface area contributed by atoms with Gasteiger partial charge in [-0.2, -0.15) is 0 Å². The van der Waals surface area contributed by atoms with E-state index in [2.05, 4.69) is 17.0 Å². The number of nitrogens with one attached hydrogen (secondary N) is 2. The first-order chi connectivity index (χ1) is 10.4. The average Bonchev–Trinajstić information content (AvgIpc) is 3.27. The van der Waals surface area contributed by atoms with Crippen LogP contribution in [0.25, 0.3) is 0 Å². The molecule has 0 aliphatic heterocycles. The minimum absolute atomic E-state index is 0.0534. The summed E-state index contributed by atoms with van der Waals surface area (Å²) in [5.41, 5.74) is 1.20. The van der Waals surface area contributed by atoms with Gasteiger partial charge in [0.25, 0.3) is 5.91 Å². The Morgan fingerprint density at radius 1 is 1.27 bits per heavy atom. The summed E-state index contributed by atoms with van der Waals surface area (Å²) in [4.78, 5) is 12.4. The Hall–Kier alpha value is -1.40. The van der Waals surface area contributed by atoms with Gasteiger partial charge in [0, 0.05) is 18.2 Å². The molecule has 22 heavy (non-hydrogen) atoms. The maximum absolute atomic E-state index is 12.2. The van der Waals surface area contributed by atoms with E-state index in [1.165, 1.54) is 6.07 Å². The molecule has 2 N–H and O–H groups in total. The molecule has 1 fully saturated rings. The predicted molar refractivity (Wildman–Crippen MR) is 86.4 cm³/mol. The van der Waals surface area contributed by atoms with Crippen molar-refractivity contribution >= 4 is 15.9 Å². The molecule has 1 aliphatic rings. The average molecular weight is 324 g/mol. The molecular weight excluding hydrogens is 300 g/mol. The topological polar surface area (TPSA) is 75.3 Å². The summed E-state index contributed by atoms with van der Waals surface area (Å²) in [5.74, 6) is -0.211. The number of aryl methyl sites for hydroxylation is 1. The van der Waals surface area contributed by atoms with Crippen LogP contribution in [0.2, 0.25) is 0 Å². The molecule has 0 spiro atoms. The minimum Gasteiger partial charge on any atom is -0.352 e. The highest BCUT2D eigenvalue weighted by molar-refractivity contribution is 7.89. The molecule has 1 amide bonds. The minimum atomic E-state index is -3.53. The molecule has 0 atom stereocenters. The molecule has 2 rings (SSSR count). The second-order valence-electron chi connectivity index (χ2n) is 5.84. The highest BCUT2D eigenvalue weighted by Crippen LogP contribution is 2.23. The SMILES string of the molecule is CCCCCNC(=O)c1cc(S(=O)(=O)NC2CC2)ccc1C. The zero-order chi connectivity index (χ0) is 16.2. The maximum atomic E-state index is 12.2. The quantitative estimate of drug-likeness (QED) is 0.721. The van der Waals surface area contributed by atoms with E-state index in [1.807, 2.05) is 6.92 Å². The predicted octanol–water partition coefficient (Wildman–Crippen LogP) is 2.36. The van der Waals surface area contributed by atoms with Gasteiger partial charge < -0.3 is 5.32 Å². The third-order valence-electron chi connectivity index (χ3n) is 3.73. The molecule has 0 aromatic heterocycles. The van der Waals surface area contributed by atoms with E-state index in [0.717, 1.165) is 37.7 Å². The molecule has 1 aliphatic carbocycles. The largest absolute Gasteiger partial charge is 0.352 e. The molecular formula is C16H24N2O3S. The summed E-state index contributed by atoms with van der Waals surface area (Å²) >= 11 is 0. The summed E-state index contributed by atoms with van der Waals surface area (Å²) in [6.07, 6.45) is 4.86. The Bertz CT molecular complexity index is 637. The fourth-order valence-corrected chi connectivity index (χ4v) is 3.50. The fraction of sp³-hybridized carbons (Fsp3) is 0.562. The molecule has 122 valence electrons. The first-order valence-corrected chi connectivity index (χ1v) is 9.33. The summed E-state index contributed by atoms with van der Waals surface area (Å²) in [5, 5.41) is 2.85. The van der Waals surface area contributed by atoms with Gasteiger partial charge in [-0.3, -0.25) is 4.79 Å². The summed E-state index contributed by atoms with van der Waals surface area (Å²) in [7, 11) is -3.53. The first kappa shape index (κ1) is 17.0. The van der Waals surface area contributed by atoms with E-state index in [9.17, 15) is 13.2 Å². The number of rotatable bonds is 8. The Balaban J connectivity index is 2.10. The second kappa shape index (κ2) is 7.24. The van der Waals surface area contributed by atoms with Gasteiger partial charge in [0.05, 0.1) is 4.90 Å². The molecule has 5 nitrogen and oxygen atoms in total. The lowest BCUT2D eigenvalue weighted by Crippen LogP contribution is -2.28. The molecule has 0 radical (unpaired) electrons. The van der Waals surface area contributed by atoms with Crippen molar-refractivity contribution in [1.82, 2.24) is 10.0 Å². The first-order valence-electron chi connectivity index (χ1n) is 7.85. The van der Waals surface area contributed by atoms with Crippen LogP contribution in [0, 0.1) is 6.92 Å². The molecule has 0 heterocycles. The lowest BCUT2D eigenvalue weighted by molar-refractivity contribution is 0.0952. The second-order valence-corrected chi connectivity index (χ2v) is 7.55. The number of carbonyl (C=O) groups is 1. The monoisotopic (exact) mass is 324 g/mol. The van der Waals surface area contributed by atoms with Crippen molar-refractivity contribution in [2.24, 2.45) is 0 Å². The molecule has 0 bridgehead atoms. The van der Waals surface area contributed by atoms with Crippen LogP contribution in [0.15, 0.2) is 23.1 Å². The van der Waals surface area contributed by atoms with Crippen LogP contribution in [0.4, 0.5) is 0 Å². The van der Waals surface area contributed by atoms with Crippen molar-refractivity contribution in [3.05, 3.63) is 29.3 Å². The van der Waals surface area contributed by atoms with E-state index in [1.54, 1.807) is 12.1 Å². The van der Waals surface area contributed by atoms with Crippen LogP contribution in [0.5, 0.6) is 0 Å². The van der Waals surface area contributed by atoms with Gasteiger partial charge in [-0.1, -0.05) is 25.8 Å². The fourth-order valence-electron chi connectivity index (χ4n) is 2.17. The van der Waals surface area contributed by atoms with E-state index in [0.29, 0.717) is 12.1 Å². The number of unbranched alkanes of at least 4 members (excludes halogenated alkanes) is 2. The van der Waals surface area contributed by atoms with Crippen LogP contribution in [0.1, 0.15) is 54.9 Å². The number of hydrogen-bond acceptors (Lipinski definition) is 3. The smallest absolute Gasteiger partial charge is 0.251 e. The zero-order valence-electron chi connectivity index (χ0n) is 13.2. The lowest BCUT2D eigenvalue weighted by atomic mass is 10.1. The van der Waals surface area contributed by atoms with Crippen LogP contribution >= 0.6 is 0 Å². The number of hydrogen-bond donors (Lipinski definition) is 2. The van der Waals surface area contributed by atoms with Gasteiger partial charge in [-0.15, -0.1) is 0 Å². The summed E-state index contributed by atoms with van der Waals surface area (Å²) in [6.45, 7) is 4.53. The van der Waals surface area contributed by atoms with Gasteiger partial charge in [0.2, 0.25) is 10.0 Å². The van der Waals surface area contributed by atoms with Gasteiger partial charge >= 0.3 is 0 Å². The van der Waals surface area contributed by atoms with Crippen LogP contribution in [0.3, 0.4) is 0 Å². The molecule has 6 heteroatoms. The van der Waals surface area contributed by atoms with Crippen molar-refractivity contribution in [2.75, 3.05) is 6.54 Å².